The van der Waals surface area contributed by atoms with Crippen LogP contribution in [0.3, 0.4) is 0 Å². The van der Waals surface area contributed by atoms with Crippen molar-refractivity contribution in [3.63, 3.8) is 0 Å². The number of rotatable bonds is 5. The standard InChI is InChI=1S/C20H18F3NO4/c21-20(22,23)12-28-15-8-6-14(7-9-15)18(25)24-10-16(17(11-24)19(26)27)13-4-2-1-3-5-13/h1-9,16-17H,10-12H2,(H,26,27). The number of ether oxygens (including phenoxy) is 1. The van der Waals surface area contributed by atoms with Crippen LogP contribution in [-0.2, 0) is 4.79 Å². The maximum Gasteiger partial charge on any atom is 0.422 e. The highest BCUT2D eigenvalue weighted by molar-refractivity contribution is 5.95. The summed E-state index contributed by atoms with van der Waals surface area (Å²) in [5, 5.41) is 9.53. The van der Waals surface area contributed by atoms with E-state index in [0.29, 0.717) is 0 Å². The molecule has 148 valence electrons. The van der Waals surface area contributed by atoms with Gasteiger partial charge in [-0.25, -0.2) is 0 Å². The van der Waals surface area contributed by atoms with Crippen LogP contribution in [0.25, 0.3) is 0 Å². The fraction of sp³-hybridized carbons (Fsp3) is 0.300. The molecule has 1 amide bonds. The molecule has 0 bridgehead atoms. The normalized spacial score (nSPS) is 19.5. The van der Waals surface area contributed by atoms with Crippen LogP contribution >= 0.6 is 0 Å². The summed E-state index contributed by atoms with van der Waals surface area (Å²) in [6.45, 7) is -1.09. The average molecular weight is 393 g/mol. The Morgan fingerprint density at radius 3 is 2.25 bits per heavy atom. The number of nitrogens with zero attached hydrogens (tertiary/aromatic N) is 1. The summed E-state index contributed by atoms with van der Waals surface area (Å²) in [5.41, 5.74) is 1.11. The van der Waals surface area contributed by atoms with Crippen LogP contribution in [0.5, 0.6) is 5.75 Å². The van der Waals surface area contributed by atoms with Gasteiger partial charge in [-0.1, -0.05) is 30.3 Å². The molecule has 0 aromatic heterocycles. The van der Waals surface area contributed by atoms with Gasteiger partial charge in [0.1, 0.15) is 5.75 Å². The van der Waals surface area contributed by atoms with Gasteiger partial charge in [0.15, 0.2) is 6.61 Å². The number of carboxylic acids is 1. The average Bonchev–Trinajstić information content (AvgIpc) is 3.12. The van der Waals surface area contributed by atoms with E-state index in [1.165, 1.54) is 29.2 Å². The van der Waals surface area contributed by atoms with E-state index >= 15 is 0 Å². The Morgan fingerprint density at radius 1 is 1.04 bits per heavy atom. The lowest BCUT2D eigenvalue weighted by molar-refractivity contribution is -0.153. The molecule has 1 saturated heterocycles. The van der Waals surface area contributed by atoms with Crippen molar-refractivity contribution in [1.29, 1.82) is 0 Å². The number of benzene rings is 2. The van der Waals surface area contributed by atoms with Crippen molar-refractivity contribution in [2.45, 2.75) is 12.1 Å². The van der Waals surface area contributed by atoms with Gasteiger partial charge in [-0.05, 0) is 29.8 Å². The molecule has 3 rings (SSSR count). The largest absolute Gasteiger partial charge is 0.484 e. The third-order valence-corrected chi connectivity index (χ3v) is 4.66. The topological polar surface area (TPSA) is 66.8 Å². The number of carboxylic acid groups (broad SMARTS) is 1. The molecule has 0 aliphatic carbocycles. The molecule has 2 atom stereocenters. The van der Waals surface area contributed by atoms with Gasteiger partial charge in [0.2, 0.25) is 0 Å². The first kappa shape index (κ1) is 19.7. The predicted molar refractivity (Wildman–Crippen MR) is 94.2 cm³/mol. The van der Waals surface area contributed by atoms with Gasteiger partial charge < -0.3 is 14.7 Å². The SMILES string of the molecule is O=C(O)C1CN(C(=O)c2ccc(OCC(F)(F)F)cc2)CC1c1ccccc1. The number of likely N-dealkylation sites (tertiary alicyclic amines) is 1. The van der Waals surface area contributed by atoms with E-state index in [1.54, 1.807) is 0 Å². The summed E-state index contributed by atoms with van der Waals surface area (Å²) in [7, 11) is 0. The summed E-state index contributed by atoms with van der Waals surface area (Å²) < 4.78 is 41.2. The summed E-state index contributed by atoms with van der Waals surface area (Å²) >= 11 is 0. The minimum Gasteiger partial charge on any atom is -0.484 e. The molecule has 0 spiro atoms. The van der Waals surface area contributed by atoms with Crippen LogP contribution in [0.15, 0.2) is 54.6 Å². The summed E-state index contributed by atoms with van der Waals surface area (Å²) in [6, 6.07) is 14.5. The van der Waals surface area contributed by atoms with Crippen LogP contribution in [0, 0.1) is 5.92 Å². The Balaban J connectivity index is 1.71. The predicted octanol–water partition coefficient (Wildman–Crippen LogP) is 3.57. The van der Waals surface area contributed by atoms with Crippen molar-refractivity contribution in [1.82, 2.24) is 4.90 Å². The van der Waals surface area contributed by atoms with Crippen molar-refractivity contribution in [3.8, 4) is 5.75 Å². The van der Waals surface area contributed by atoms with Crippen LogP contribution in [0.1, 0.15) is 21.8 Å². The van der Waals surface area contributed by atoms with Gasteiger partial charge in [0.25, 0.3) is 5.91 Å². The minimum atomic E-state index is -4.44. The number of alkyl halides is 3. The summed E-state index contributed by atoms with van der Waals surface area (Å²) in [6.07, 6.45) is -4.44. The molecule has 1 heterocycles. The third kappa shape index (κ3) is 4.62. The number of amides is 1. The van der Waals surface area contributed by atoms with Crippen molar-refractivity contribution in [3.05, 3.63) is 65.7 Å². The molecular weight excluding hydrogens is 375 g/mol. The number of carbonyl (C=O) groups excluding carboxylic acids is 1. The first-order valence-electron chi connectivity index (χ1n) is 8.61. The first-order valence-corrected chi connectivity index (χ1v) is 8.61. The van der Waals surface area contributed by atoms with Crippen LogP contribution in [0.2, 0.25) is 0 Å². The molecule has 1 aliphatic heterocycles. The molecule has 2 aromatic rings. The Kier molecular flexibility index (Phi) is 5.58. The van der Waals surface area contributed by atoms with E-state index in [0.717, 1.165) is 5.56 Å². The highest BCUT2D eigenvalue weighted by Gasteiger charge is 2.40. The van der Waals surface area contributed by atoms with Gasteiger partial charge in [-0.3, -0.25) is 9.59 Å². The van der Waals surface area contributed by atoms with Gasteiger partial charge in [-0.2, -0.15) is 13.2 Å². The van der Waals surface area contributed by atoms with E-state index < -0.39 is 24.7 Å². The molecule has 2 aromatic carbocycles. The summed E-state index contributed by atoms with van der Waals surface area (Å²) in [5.74, 6) is -2.38. The molecule has 1 aliphatic rings. The zero-order valence-corrected chi connectivity index (χ0v) is 14.7. The van der Waals surface area contributed by atoms with E-state index in [4.69, 9.17) is 0 Å². The van der Waals surface area contributed by atoms with Crippen LogP contribution in [0.4, 0.5) is 13.2 Å². The van der Waals surface area contributed by atoms with Crippen molar-refractivity contribution >= 4 is 11.9 Å². The molecule has 5 nitrogen and oxygen atoms in total. The van der Waals surface area contributed by atoms with Crippen LogP contribution in [-0.4, -0.2) is 47.8 Å². The smallest absolute Gasteiger partial charge is 0.422 e. The fourth-order valence-corrected chi connectivity index (χ4v) is 3.30. The molecule has 1 N–H and O–H groups in total. The third-order valence-electron chi connectivity index (χ3n) is 4.66. The Morgan fingerprint density at radius 2 is 1.68 bits per heavy atom. The number of hydrogen-bond donors (Lipinski definition) is 1. The quantitative estimate of drug-likeness (QED) is 0.844. The molecule has 2 unspecified atom stereocenters. The fourth-order valence-electron chi connectivity index (χ4n) is 3.30. The second-order valence-corrected chi connectivity index (χ2v) is 6.60. The monoisotopic (exact) mass is 393 g/mol. The van der Waals surface area contributed by atoms with E-state index in [-0.39, 0.29) is 36.2 Å². The van der Waals surface area contributed by atoms with Crippen molar-refractivity contribution in [2.75, 3.05) is 19.7 Å². The molecule has 8 heteroatoms. The maximum atomic E-state index is 12.7. The zero-order valence-electron chi connectivity index (χ0n) is 14.7. The second kappa shape index (κ2) is 7.92. The lowest BCUT2D eigenvalue weighted by Gasteiger charge is -2.17. The first-order chi connectivity index (χ1) is 13.2. The zero-order chi connectivity index (χ0) is 20.3. The molecule has 0 saturated carbocycles. The molecule has 0 radical (unpaired) electrons. The van der Waals surface area contributed by atoms with Crippen molar-refractivity contribution < 1.29 is 32.6 Å². The summed E-state index contributed by atoms with van der Waals surface area (Å²) in [4.78, 5) is 25.8. The Labute approximate surface area is 159 Å². The second-order valence-electron chi connectivity index (χ2n) is 6.60. The minimum absolute atomic E-state index is 0.000807. The maximum absolute atomic E-state index is 12.7. The lowest BCUT2D eigenvalue weighted by atomic mass is 9.89. The number of hydrogen-bond acceptors (Lipinski definition) is 3. The molecule has 1 fully saturated rings. The van der Waals surface area contributed by atoms with E-state index in [1.807, 2.05) is 30.3 Å². The Hall–Kier alpha value is -3.03. The highest BCUT2D eigenvalue weighted by Crippen LogP contribution is 2.33. The van der Waals surface area contributed by atoms with E-state index in [9.17, 15) is 27.9 Å². The van der Waals surface area contributed by atoms with Gasteiger partial charge >= 0.3 is 12.1 Å². The van der Waals surface area contributed by atoms with Crippen LogP contribution < -0.4 is 4.74 Å². The van der Waals surface area contributed by atoms with Gasteiger partial charge in [0.05, 0.1) is 5.92 Å². The van der Waals surface area contributed by atoms with Gasteiger partial charge in [-0.15, -0.1) is 0 Å². The van der Waals surface area contributed by atoms with Gasteiger partial charge in [0, 0.05) is 24.6 Å². The number of aliphatic carboxylic acids is 1. The highest BCUT2D eigenvalue weighted by atomic mass is 19.4. The molecule has 28 heavy (non-hydrogen) atoms. The van der Waals surface area contributed by atoms with Crippen molar-refractivity contribution in [2.24, 2.45) is 5.92 Å². The number of carbonyl (C=O) groups is 2. The molecular formula is C20H18F3NO4. The van der Waals surface area contributed by atoms with E-state index in [2.05, 4.69) is 4.74 Å². The Bertz CT molecular complexity index is 837. The number of halogens is 3. The lowest BCUT2D eigenvalue weighted by Crippen LogP contribution is -2.29.